The summed E-state index contributed by atoms with van der Waals surface area (Å²) in [5.74, 6) is 0.242. The van der Waals surface area contributed by atoms with Crippen LogP contribution in [0.1, 0.15) is 47.2 Å². The van der Waals surface area contributed by atoms with Crippen LogP contribution in [0.15, 0.2) is 73.1 Å². The standard InChI is InChI=1S/C29H30N6O3/c1-20-7-6-8-21(2)26(20)31-28(37)29(17-4-5-18-29)35(24-13-15-25(38-3)16-14-24)27(36)22-9-11-23(12-10-22)34-19-30-32-33-34/h6-16,19H,4-5,17-18H2,1-3H3,(H,31,37). The molecule has 9 nitrogen and oxygen atoms in total. The first-order valence-electron chi connectivity index (χ1n) is 12.6. The second-order valence-corrected chi connectivity index (χ2v) is 9.60. The highest BCUT2D eigenvalue weighted by atomic mass is 16.5. The average molecular weight is 511 g/mol. The quantitative estimate of drug-likeness (QED) is 0.380. The Balaban J connectivity index is 1.57. The molecular formula is C29H30N6O3. The summed E-state index contributed by atoms with van der Waals surface area (Å²) >= 11 is 0. The summed E-state index contributed by atoms with van der Waals surface area (Å²) in [6.07, 6.45) is 4.30. The van der Waals surface area contributed by atoms with E-state index in [1.807, 2.05) is 56.3 Å². The molecule has 1 saturated carbocycles. The number of nitrogens with one attached hydrogen (secondary N) is 1. The van der Waals surface area contributed by atoms with Crippen LogP contribution >= 0.6 is 0 Å². The maximum absolute atomic E-state index is 14.2. The van der Waals surface area contributed by atoms with Crippen LogP contribution in [0.2, 0.25) is 0 Å². The molecule has 4 aromatic rings. The lowest BCUT2D eigenvalue weighted by molar-refractivity contribution is -0.121. The van der Waals surface area contributed by atoms with Crippen molar-refractivity contribution in [3.05, 3.63) is 89.7 Å². The van der Waals surface area contributed by atoms with E-state index in [0.29, 0.717) is 29.8 Å². The molecule has 0 unspecified atom stereocenters. The molecule has 0 atom stereocenters. The second kappa shape index (κ2) is 10.5. The molecule has 2 amide bonds. The van der Waals surface area contributed by atoms with Crippen molar-refractivity contribution in [2.75, 3.05) is 17.3 Å². The van der Waals surface area contributed by atoms with Crippen molar-refractivity contribution < 1.29 is 14.3 Å². The number of benzene rings is 3. The van der Waals surface area contributed by atoms with Gasteiger partial charge in [0.2, 0.25) is 0 Å². The van der Waals surface area contributed by atoms with E-state index >= 15 is 0 Å². The Morgan fingerprint density at radius 1 is 0.947 bits per heavy atom. The van der Waals surface area contributed by atoms with E-state index in [4.69, 9.17) is 4.74 Å². The van der Waals surface area contributed by atoms with Crippen molar-refractivity contribution in [2.24, 2.45) is 0 Å². The molecule has 1 heterocycles. The number of anilines is 2. The number of carbonyl (C=O) groups is 2. The highest BCUT2D eigenvalue weighted by Gasteiger charge is 2.49. The Hall–Kier alpha value is -4.53. The monoisotopic (exact) mass is 510 g/mol. The number of ether oxygens (including phenoxy) is 1. The van der Waals surface area contributed by atoms with Gasteiger partial charge in [-0.1, -0.05) is 31.0 Å². The molecule has 38 heavy (non-hydrogen) atoms. The summed E-state index contributed by atoms with van der Waals surface area (Å²) in [6.45, 7) is 3.95. The van der Waals surface area contributed by atoms with Crippen LogP contribution in [0.4, 0.5) is 11.4 Å². The Morgan fingerprint density at radius 2 is 1.61 bits per heavy atom. The highest BCUT2D eigenvalue weighted by molar-refractivity contribution is 6.14. The van der Waals surface area contributed by atoms with Gasteiger partial charge in [-0.2, -0.15) is 0 Å². The smallest absolute Gasteiger partial charge is 0.259 e. The van der Waals surface area contributed by atoms with Crippen LogP contribution in [0.3, 0.4) is 0 Å². The molecule has 194 valence electrons. The van der Waals surface area contributed by atoms with Gasteiger partial charge in [0, 0.05) is 16.9 Å². The van der Waals surface area contributed by atoms with Gasteiger partial charge < -0.3 is 10.1 Å². The van der Waals surface area contributed by atoms with E-state index in [2.05, 4.69) is 20.8 Å². The van der Waals surface area contributed by atoms with Gasteiger partial charge >= 0.3 is 0 Å². The first-order chi connectivity index (χ1) is 18.4. The minimum atomic E-state index is -1.05. The predicted molar refractivity (Wildman–Crippen MR) is 145 cm³/mol. The number of amides is 2. The average Bonchev–Trinajstić information content (AvgIpc) is 3.65. The molecule has 1 fully saturated rings. The van der Waals surface area contributed by atoms with Crippen molar-refractivity contribution in [1.82, 2.24) is 20.2 Å². The third-order valence-corrected chi connectivity index (χ3v) is 7.26. The fourth-order valence-electron chi connectivity index (χ4n) is 5.21. The van der Waals surface area contributed by atoms with Crippen LogP contribution in [0.5, 0.6) is 5.75 Å². The summed E-state index contributed by atoms with van der Waals surface area (Å²) in [5, 5.41) is 14.4. The molecule has 1 aliphatic carbocycles. The Bertz CT molecular complexity index is 1410. The third-order valence-electron chi connectivity index (χ3n) is 7.26. The molecule has 9 heteroatoms. The number of tetrazole rings is 1. The molecule has 0 bridgehead atoms. The first kappa shape index (κ1) is 25.1. The van der Waals surface area contributed by atoms with Crippen molar-refractivity contribution >= 4 is 23.2 Å². The topological polar surface area (TPSA) is 102 Å². The van der Waals surface area contributed by atoms with Crippen LogP contribution in [-0.2, 0) is 4.79 Å². The summed E-state index contributed by atoms with van der Waals surface area (Å²) in [4.78, 5) is 30.1. The Kier molecular flexibility index (Phi) is 6.91. The van der Waals surface area contributed by atoms with Crippen molar-refractivity contribution in [2.45, 2.75) is 45.1 Å². The van der Waals surface area contributed by atoms with Crippen LogP contribution in [0.25, 0.3) is 5.69 Å². The van der Waals surface area contributed by atoms with Crippen molar-refractivity contribution in [3.8, 4) is 11.4 Å². The van der Waals surface area contributed by atoms with Crippen LogP contribution in [-0.4, -0.2) is 44.7 Å². The number of hydrogen-bond donors (Lipinski definition) is 1. The SMILES string of the molecule is COc1ccc(N(C(=O)c2ccc(-n3cnnn3)cc2)C2(C(=O)Nc3c(C)cccc3C)CCCC2)cc1. The summed E-state index contributed by atoms with van der Waals surface area (Å²) in [5.41, 5.74) is 3.53. The molecule has 0 saturated heterocycles. The number of hydrogen-bond acceptors (Lipinski definition) is 6. The number of methoxy groups -OCH3 is 1. The largest absolute Gasteiger partial charge is 0.497 e. The van der Waals surface area contributed by atoms with Crippen LogP contribution < -0.4 is 15.0 Å². The Labute approximate surface area is 221 Å². The number of aryl methyl sites for hydroxylation is 2. The van der Waals surface area contributed by atoms with Gasteiger partial charge in [0.15, 0.2) is 0 Å². The second-order valence-electron chi connectivity index (χ2n) is 9.60. The van der Waals surface area contributed by atoms with Crippen molar-refractivity contribution in [1.29, 1.82) is 0 Å². The first-order valence-corrected chi connectivity index (χ1v) is 12.6. The van der Waals surface area contributed by atoms with Gasteiger partial charge in [0.1, 0.15) is 17.6 Å². The molecule has 0 aliphatic heterocycles. The van der Waals surface area contributed by atoms with E-state index in [1.165, 1.54) is 11.0 Å². The van der Waals surface area contributed by atoms with E-state index < -0.39 is 5.54 Å². The number of aromatic nitrogens is 4. The highest BCUT2D eigenvalue weighted by Crippen LogP contribution is 2.41. The minimum absolute atomic E-state index is 0.179. The van der Waals surface area contributed by atoms with Gasteiger partial charge in [0.25, 0.3) is 11.8 Å². The minimum Gasteiger partial charge on any atom is -0.497 e. The van der Waals surface area contributed by atoms with E-state index in [1.54, 1.807) is 36.3 Å². The normalized spacial score (nSPS) is 14.2. The lowest BCUT2D eigenvalue weighted by Crippen LogP contribution is -2.58. The molecule has 1 aromatic heterocycles. The molecule has 3 aromatic carbocycles. The van der Waals surface area contributed by atoms with Gasteiger partial charge in [-0.25, -0.2) is 4.68 Å². The number of rotatable bonds is 7. The molecule has 5 rings (SSSR count). The van der Waals surface area contributed by atoms with Gasteiger partial charge in [0.05, 0.1) is 12.8 Å². The number of carbonyl (C=O) groups excluding carboxylic acids is 2. The third kappa shape index (κ3) is 4.63. The lowest BCUT2D eigenvalue weighted by Gasteiger charge is -2.40. The Morgan fingerprint density at radius 3 is 2.18 bits per heavy atom. The van der Waals surface area contributed by atoms with E-state index in [9.17, 15) is 9.59 Å². The zero-order valence-electron chi connectivity index (χ0n) is 21.7. The summed E-state index contributed by atoms with van der Waals surface area (Å²) in [7, 11) is 1.60. The molecule has 0 radical (unpaired) electrons. The zero-order valence-corrected chi connectivity index (χ0v) is 21.7. The predicted octanol–water partition coefficient (Wildman–Crippen LogP) is 4.89. The summed E-state index contributed by atoms with van der Waals surface area (Å²) < 4.78 is 6.86. The van der Waals surface area contributed by atoms with E-state index in [-0.39, 0.29) is 11.8 Å². The van der Waals surface area contributed by atoms with Gasteiger partial charge in [-0.3, -0.25) is 14.5 Å². The van der Waals surface area contributed by atoms with Crippen molar-refractivity contribution in [3.63, 3.8) is 0 Å². The van der Waals surface area contributed by atoms with Gasteiger partial charge in [-0.05, 0) is 96.8 Å². The summed E-state index contributed by atoms with van der Waals surface area (Å²) in [6, 6.07) is 20.2. The van der Waals surface area contributed by atoms with E-state index in [0.717, 1.165) is 35.3 Å². The molecule has 1 N–H and O–H groups in total. The maximum Gasteiger partial charge on any atom is 0.259 e. The maximum atomic E-state index is 14.2. The van der Waals surface area contributed by atoms with Crippen LogP contribution in [0, 0.1) is 13.8 Å². The number of nitrogens with zero attached hydrogens (tertiary/aromatic N) is 5. The van der Waals surface area contributed by atoms with Gasteiger partial charge in [-0.15, -0.1) is 5.10 Å². The molecular weight excluding hydrogens is 480 g/mol. The molecule has 0 spiro atoms. The lowest BCUT2D eigenvalue weighted by atomic mass is 9.91. The number of para-hydroxylation sites is 1. The fourth-order valence-corrected chi connectivity index (χ4v) is 5.21. The zero-order chi connectivity index (χ0) is 26.7. The molecule has 1 aliphatic rings. The fraction of sp³-hybridized carbons (Fsp3) is 0.276.